The number of aromatic nitrogens is 1. The van der Waals surface area contributed by atoms with Crippen LogP contribution >= 0.6 is 11.6 Å². The number of hydrogen-bond acceptors (Lipinski definition) is 4. The molecule has 0 aromatic carbocycles. The van der Waals surface area contributed by atoms with Gasteiger partial charge in [-0.25, -0.2) is 0 Å². The number of amides is 1. The van der Waals surface area contributed by atoms with E-state index in [1.54, 1.807) is 12.4 Å². The van der Waals surface area contributed by atoms with E-state index in [-0.39, 0.29) is 11.3 Å². The topological polar surface area (TPSA) is 58.4 Å². The molecule has 2 aromatic rings. The number of anilines is 1. The zero-order chi connectivity index (χ0) is 16.7. The third-order valence-electron chi connectivity index (χ3n) is 5.29. The van der Waals surface area contributed by atoms with Crippen molar-refractivity contribution in [1.82, 2.24) is 10.3 Å². The summed E-state index contributed by atoms with van der Waals surface area (Å²) >= 11 is 6.47. The molecular formula is C18H20ClN3O2. The first-order valence-corrected chi connectivity index (χ1v) is 8.70. The lowest BCUT2D eigenvalue weighted by molar-refractivity contribution is -0.128. The minimum Gasteiger partial charge on any atom is -0.461 e. The second-order valence-electron chi connectivity index (χ2n) is 6.70. The molecule has 0 atom stereocenters. The van der Waals surface area contributed by atoms with Crippen LogP contribution in [0.5, 0.6) is 0 Å². The Kier molecular flexibility index (Phi) is 3.76. The molecule has 0 bridgehead atoms. The quantitative estimate of drug-likeness (QED) is 0.906. The van der Waals surface area contributed by atoms with Gasteiger partial charge < -0.3 is 14.6 Å². The van der Waals surface area contributed by atoms with Crippen LogP contribution in [0, 0.1) is 12.3 Å². The highest BCUT2D eigenvalue weighted by Crippen LogP contribution is 2.43. The fourth-order valence-corrected chi connectivity index (χ4v) is 4.14. The molecule has 4 rings (SSSR count). The standard InChI is InChI=1S/C18H20ClN3O2/c1-12-2-3-15(24-12)13-10-20-11-14(19)16(13)22-8-5-18(6-9-22)4-7-21-17(18)23/h2-3,10-11H,4-9H2,1H3,(H,21,23). The van der Waals surface area contributed by atoms with Gasteiger partial charge in [-0.15, -0.1) is 0 Å². The van der Waals surface area contributed by atoms with Crippen LogP contribution in [0.3, 0.4) is 0 Å². The predicted octanol–water partition coefficient (Wildman–Crippen LogP) is 3.41. The molecular weight excluding hydrogens is 326 g/mol. The van der Waals surface area contributed by atoms with E-state index in [0.29, 0.717) is 5.02 Å². The van der Waals surface area contributed by atoms with Gasteiger partial charge >= 0.3 is 0 Å². The molecule has 0 saturated carbocycles. The second kappa shape index (κ2) is 5.81. The Bertz CT molecular complexity index is 778. The van der Waals surface area contributed by atoms with E-state index in [4.69, 9.17) is 16.0 Å². The summed E-state index contributed by atoms with van der Waals surface area (Å²) < 4.78 is 5.78. The minimum absolute atomic E-state index is 0.183. The first-order valence-electron chi connectivity index (χ1n) is 8.33. The van der Waals surface area contributed by atoms with Gasteiger partial charge in [0.05, 0.1) is 21.7 Å². The van der Waals surface area contributed by atoms with Gasteiger partial charge in [0.1, 0.15) is 11.5 Å². The summed E-state index contributed by atoms with van der Waals surface area (Å²) in [5.41, 5.74) is 1.67. The summed E-state index contributed by atoms with van der Waals surface area (Å²) in [6.07, 6.45) is 6.12. The van der Waals surface area contributed by atoms with Crippen LogP contribution in [0.25, 0.3) is 11.3 Å². The Morgan fingerprint density at radius 2 is 2.04 bits per heavy atom. The van der Waals surface area contributed by atoms with Gasteiger partial charge in [0.2, 0.25) is 5.91 Å². The summed E-state index contributed by atoms with van der Waals surface area (Å²) in [6, 6.07) is 3.89. The highest BCUT2D eigenvalue weighted by Gasteiger charge is 2.44. The number of carbonyl (C=O) groups is 1. The number of rotatable bonds is 2. The predicted molar refractivity (Wildman–Crippen MR) is 93.2 cm³/mol. The molecule has 24 heavy (non-hydrogen) atoms. The molecule has 1 N–H and O–H groups in total. The fourth-order valence-electron chi connectivity index (χ4n) is 3.86. The Morgan fingerprint density at radius 1 is 1.25 bits per heavy atom. The maximum atomic E-state index is 12.2. The third kappa shape index (κ3) is 2.47. The summed E-state index contributed by atoms with van der Waals surface area (Å²) in [7, 11) is 0. The number of halogens is 1. The van der Waals surface area contributed by atoms with Crippen LogP contribution in [-0.2, 0) is 4.79 Å². The van der Waals surface area contributed by atoms with Crippen LogP contribution in [0.2, 0.25) is 5.02 Å². The number of aryl methyl sites for hydroxylation is 1. The molecule has 2 saturated heterocycles. The van der Waals surface area contributed by atoms with Crippen molar-refractivity contribution < 1.29 is 9.21 Å². The van der Waals surface area contributed by atoms with Crippen LogP contribution in [0.4, 0.5) is 5.69 Å². The van der Waals surface area contributed by atoms with Gasteiger partial charge in [0, 0.05) is 32.0 Å². The van der Waals surface area contributed by atoms with Crippen LogP contribution in [0.15, 0.2) is 28.9 Å². The second-order valence-corrected chi connectivity index (χ2v) is 7.11. The SMILES string of the molecule is Cc1ccc(-c2cncc(Cl)c2N2CCC3(CCNC3=O)CC2)o1. The molecule has 0 aliphatic carbocycles. The molecule has 2 aliphatic rings. The molecule has 1 amide bonds. The molecule has 5 nitrogen and oxygen atoms in total. The van der Waals surface area contributed by atoms with E-state index in [1.807, 2.05) is 19.1 Å². The van der Waals surface area contributed by atoms with Gasteiger partial charge in [0.15, 0.2) is 0 Å². The van der Waals surface area contributed by atoms with Gasteiger partial charge in [-0.2, -0.15) is 0 Å². The van der Waals surface area contributed by atoms with Gasteiger partial charge in [-0.1, -0.05) is 11.6 Å². The highest BCUT2D eigenvalue weighted by molar-refractivity contribution is 6.33. The largest absolute Gasteiger partial charge is 0.461 e. The lowest BCUT2D eigenvalue weighted by Gasteiger charge is -2.39. The Morgan fingerprint density at radius 3 is 2.67 bits per heavy atom. The normalized spacial score (nSPS) is 19.8. The summed E-state index contributed by atoms with van der Waals surface area (Å²) in [4.78, 5) is 18.7. The molecule has 2 aliphatic heterocycles. The molecule has 1 spiro atoms. The Balaban J connectivity index is 1.64. The van der Waals surface area contributed by atoms with E-state index in [0.717, 1.165) is 61.7 Å². The maximum Gasteiger partial charge on any atom is 0.226 e. The van der Waals surface area contributed by atoms with Crippen molar-refractivity contribution in [3.63, 3.8) is 0 Å². The average Bonchev–Trinajstić information content (AvgIpc) is 3.16. The lowest BCUT2D eigenvalue weighted by Crippen LogP contribution is -2.44. The Hall–Kier alpha value is -2.01. The molecule has 126 valence electrons. The van der Waals surface area contributed by atoms with Crippen molar-refractivity contribution in [2.45, 2.75) is 26.2 Å². The molecule has 4 heterocycles. The molecule has 0 unspecified atom stereocenters. The number of hydrogen-bond donors (Lipinski definition) is 1. The first-order chi connectivity index (χ1) is 11.6. The molecule has 0 radical (unpaired) electrons. The fraction of sp³-hybridized carbons (Fsp3) is 0.444. The monoisotopic (exact) mass is 345 g/mol. The number of furan rings is 1. The number of nitrogens with one attached hydrogen (secondary N) is 1. The van der Waals surface area contributed by atoms with Crippen molar-refractivity contribution in [2.24, 2.45) is 5.41 Å². The smallest absolute Gasteiger partial charge is 0.226 e. The summed E-state index contributed by atoms with van der Waals surface area (Å²) in [6.45, 7) is 4.34. The zero-order valence-electron chi connectivity index (χ0n) is 13.6. The Labute approximate surface area is 146 Å². The lowest BCUT2D eigenvalue weighted by atomic mass is 9.77. The molecule has 2 aromatic heterocycles. The van der Waals surface area contributed by atoms with E-state index in [1.165, 1.54) is 0 Å². The summed E-state index contributed by atoms with van der Waals surface area (Å²) in [5, 5.41) is 3.60. The number of piperidine rings is 1. The maximum absolute atomic E-state index is 12.2. The molecule has 2 fully saturated rings. The van der Waals surface area contributed by atoms with Gasteiger partial charge in [0.25, 0.3) is 0 Å². The van der Waals surface area contributed by atoms with E-state index in [2.05, 4.69) is 15.2 Å². The first kappa shape index (κ1) is 15.5. The van der Waals surface area contributed by atoms with Crippen LogP contribution in [-0.4, -0.2) is 30.5 Å². The van der Waals surface area contributed by atoms with Gasteiger partial charge in [-0.3, -0.25) is 9.78 Å². The van der Waals surface area contributed by atoms with Crippen molar-refractivity contribution in [1.29, 1.82) is 0 Å². The van der Waals surface area contributed by atoms with E-state index in [9.17, 15) is 4.79 Å². The van der Waals surface area contributed by atoms with Crippen molar-refractivity contribution in [3.05, 3.63) is 35.3 Å². The number of pyridine rings is 1. The third-order valence-corrected chi connectivity index (χ3v) is 5.56. The van der Waals surface area contributed by atoms with Crippen LogP contribution in [0.1, 0.15) is 25.0 Å². The summed E-state index contributed by atoms with van der Waals surface area (Å²) in [5.74, 6) is 1.84. The number of nitrogens with zero attached hydrogens (tertiary/aromatic N) is 2. The number of carbonyl (C=O) groups excluding carboxylic acids is 1. The minimum atomic E-state index is -0.183. The average molecular weight is 346 g/mol. The van der Waals surface area contributed by atoms with Crippen molar-refractivity contribution in [3.8, 4) is 11.3 Å². The van der Waals surface area contributed by atoms with Crippen molar-refractivity contribution >= 4 is 23.2 Å². The van der Waals surface area contributed by atoms with E-state index < -0.39 is 0 Å². The van der Waals surface area contributed by atoms with E-state index >= 15 is 0 Å². The van der Waals surface area contributed by atoms with Crippen molar-refractivity contribution in [2.75, 3.05) is 24.5 Å². The highest BCUT2D eigenvalue weighted by atomic mass is 35.5. The molecule has 6 heteroatoms. The zero-order valence-corrected chi connectivity index (χ0v) is 14.4. The van der Waals surface area contributed by atoms with Gasteiger partial charge in [-0.05, 0) is 38.3 Å². The van der Waals surface area contributed by atoms with Crippen LogP contribution < -0.4 is 10.2 Å².